The fraction of sp³-hybridized carbons (Fsp3) is 1.00. The highest BCUT2D eigenvalue weighted by molar-refractivity contribution is 7.30. The minimum atomic E-state index is -2.87. The van der Waals surface area contributed by atoms with E-state index in [2.05, 4.69) is 25.7 Å². The average Bonchev–Trinajstić information content (AvgIpc) is 1.90. The summed E-state index contributed by atoms with van der Waals surface area (Å²) in [5, 5.41) is 0. The van der Waals surface area contributed by atoms with Crippen molar-refractivity contribution in [3.05, 3.63) is 0 Å². The van der Waals surface area contributed by atoms with Gasteiger partial charge in [0.25, 0.3) is 0 Å². The van der Waals surface area contributed by atoms with Gasteiger partial charge in [0.1, 0.15) is 0 Å². The zero-order chi connectivity index (χ0) is 9.28. The molecule has 0 radical (unpaired) electrons. The molecule has 84 valence electrons. The Kier molecular flexibility index (Phi) is 31.7. The van der Waals surface area contributed by atoms with Gasteiger partial charge in [0.15, 0.2) is 0 Å². The number of hydrogen-bond acceptors (Lipinski definition) is 4. The van der Waals surface area contributed by atoms with Crippen LogP contribution in [0.5, 0.6) is 0 Å². The number of hydrogen-bond donors (Lipinski definition) is 4. The largest absolute Gasteiger partial charge is 0.692 e. The van der Waals surface area contributed by atoms with E-state index in [0.717, 1.165) is 0 Å². The molecule has 13 heavy (non-hydrogen) atoms. The second kappa shape index (κ2) is 17.8. The molecular formula is C6H23N3O3P+. The second-order valence-electron chi connectivity index (χ2n) is 1.87. The molecule has 8 N–H and O–H groups in total. The molecule has 0 aliphatic carbocycles. The SMILES string of the molecule is CCN(CC)CC.N.N.O=[P+](O)O. The Morgan fingerprint density at radius 2 is 1.15 bits per heavy atom. The zero-order valence-electron chi connectivity index (χ0n) is 8.73. The summed E-state index contributed by atoms with van der Waals surface area (Å²) >= 11 is 0. The van der Waals surface area contributed by atoms with Crippen LogP contribution in [0.15, 0.2) is 0 Å². The summed E-state index contributed by atoms with van der Waals surface area (Å²) < 4.78 is 8.70. The van der Waals surface area contributed by atoms with Crippen LogP contribution in [0.3, 0.4) is 0 Å². The number of rotatable bonds is 3. The molecule has 0 saturated heterocycles. The summed E-state index contributed by atoms with van der Waals surface area (Å²) in [4.78, 5) is 16.6. The fourth-order valence-electron chi connectivity index (χ4n) is 0.671. The third kappa shape index (κ3) is 33.5. The van der Waals surface area contributed by atoms with Crippen LogP contribution < -0.4 is 12.3 Å². The zero-order valence-corrected chi connectivity index (χ0v) is 9.63. The van der Waals surface area contributed by atoms with Gasteiger partial charge in [0, 0.05) is 4.57 Å². The lowest BCUT2D eigenvalue weighted by molar-refractivity contribution is 0.321. The van der Waals surface area contributed by atoms with Gasteiger partial charge in [-0.05, 0) is 19.6 Å². The first-order valence-corrected chi connectivity index (χ1v) is 4.82. The molecule has 6 nitrogen and oxygen atoms in total. The molecular weight excluding hydrogens is 193 g/mol. The molecule has 0 aliphatic heterocycles. The number of nitrogens with zero attached hydrogens (tertiary/aromatic N) is 1. The van der Waals surface area contributed by atoms with E-state index in [4.69, 9.17) is 14.4 Å². The summed E-state index contributed by atoms with van der Waals surface area (Å²) in [6.07, 6.45) is 0. The van der Waals surface area contributed by atoms with Gasteiger partial charge in [-0.1, -0.05) is 20.8 Å². The van der Waals surface area contributed by atoms with Gasteiger partial charge >= 0.3 is 8.25 Å². The van der Waals surface area contributed by atoms with Crippen LogP contribution in [0.4, 0.5) is 0 Å². The molecule has 0 aromatic carbocycles. The Morgan fingerprint density at radius 1 is 1.00 bits per heavy atom. The van der Waals surface area contributed by atoms with Crippen LogP contribution in [-0.4, -0.2) is 34.3 Å². The van der Waals surface area contributed by atoms with Crippen LogP contribution >= 0.6 is 8.25 Å². The monoisotopic (exact) mass is 216 g/mol. The maximum atomic E-state index is 8.70. The van der Waals surface area contributed by atoms with E-state index in [0.29, 0.717) is 0 Å². The highest BCUT2D eigenvalue weighted by Crippen LogP contribution is 1.98. The van der Waals surface area contributed by atoms with Crippen molar-refractivity contribution in [3.8, 4) is 0 Å². The maximum absolute atomic E-state index is 8.70. The minimum Gasteiger partial charge on any atom is -0.344 e. The minimum absolute atomic E-state index is 0. The third-order valence-corrected chi connectivity index (χ3v) is 1.34. The summed E-state index contributed by atoms with van der Waals surface area (Å²) in [5.74, 6) is 0. The second-order valence-corrected chi connectivity index (χ2v) is 2.38. The highest BCUT2D eigenvalue weighted by atomic mass is 31.1. The van der Waals surface area contributed by atoms with Gasteiger partial charge in [-0.15, -0.1) is 9.79 Å². The van der Waals surface area contributed by atoms with Crippen LogP contribution in [0, 0.1) is 0 Å². The van der Waals surface area contributed by atoms with Crippen LogP contribution in [0.25, 0.3) is 0 Å². The summed E-state index contributed by atoms with van der Waals surface area (Å²) in [5.41, 5.74) is 0. The van der Waals surface area contributed by atoms with Crippen molar-refractivity contribution in [3.63, 3.8) is 0 Å². The lowest BCUT2D eigenvalue weighted by Crippen LogP contribution is -2.21. The molecule has 0 aliphatic rings. The van der Waals surface area contributed by atoms with E-state index in [1.807, 2.05) is 0 Å². The molecule has 0 saturated carbocycles. The summed E-state index contributed by atoms with van der Waals surface area (Å²) in [7, 11) is -2.87. The molecule has 0 spiro atoms. The Balaban J connectivity index is -0.0000000600. The molecule has 0 fully saturated rings. The Bertz CT molecular complexity index is 91.6. The van der Waals surface area contributed by atoms with Crippen LogP contribution in [0.1, 0.15) is 20.8 Å². The first kappa shape index (κ1) is 23.1. The Morgan fingerprint density at radius 3 is 1.15 bits per heavy atom. The van der Waals surface area contributed by atoms with E-state index < -0.39 is 8.25 Å². The van der Waals surface area contributed by atoms with Gasteiger partial charge < -0.3 is 17.2 Å². The average molecular weight is 216 g/mol. The van der Waals surface area contributed by atoms with E-state index in [1.165, 1.54) is 19.6 Å². The summed E-state index contributed by atoms with van der Waals surface area (Å²) in [6.45, 7) is 10.1. The highest BCUT2D eigenvalue weighted by Gasteiger charge is 1.93. The summed E-state index contributed by atoms with van der Waals surface area (Å²) in [6, 6.07) is 0. The fourth-order valence-corrected chi connectivity index (χ4v) is 0.671. The smallest absolute Gasteiger partial charge is 0.344 e. The lowest BCUT2D eigenvalue weighted by Gasteiger charge is -2.13. The van der Waals surface area contributed by atoms with Gasteiger partial charge in [0.2, 0.25) is 0 Å². The molecule has 7 heteroatoms. The molecule has 0 atom stereocenters. The van der Waals surface area contributed by atoms with E-state index in [1.54, 1.807) is 0 Å². The van der Waals surface area contributed by atoms with Gasteiger partial charge in [-0.25, -0.2) is 0 Å². The van der Waals surface area contributed by atoms with Crippen molar-refractivity contribution in [2.75, 3.05) is 19.6 Å². The molecule has 0 amide bonds. The first-order valence-electron chi connectivity index (χ1n) is 3.65. The van der Waals surface area contributed by atoms with Crippen molar-refractivity contribution in [1.82, 2.24) is 17.2 Å². The Hall–Kier alpha value is -0.100. The van der Waals surface area contributed by atoms with Crippen molar-refractivity contribution >= 4 is 8.25 Å². The van der Waals surface area contributed by atoms with Gasteiger partial charge in [-0.2, -0.15) is 0 Å². The lowest BCUT2D eigenvalue weighted by atomic mass is 10.5. The molecule has 0 bridgehead atoms. The quantitative estimate of drug-likeness (QED) is 0.526. The van der Waals surface area contributed by atoms with E-state index in [9.17, 15) is 0 Å². The van der Waals surface area contributed by atoms with Crippen molar-refractivity contribution in [2.24, 2.45) is 0 Å². The first-order chi connectivity index (χ1) is 5.08. The van der Waals surface area contributed by atoms with Gasteiger partial charge in [-0.3, -0.25) is 0 Å². The topological polar surface area (TPSA) is 131 Å². The molecule has 0 rings (SSSR count). The normalized spacial score (nSPS) is 7.54. The van der Waals surface area contributed by atoms with E-state index >= 15 is 0 Å². The van der Waals surface area contributed by atoms with Crippen LogP contribution in [-0.2, 0) is 4.57 Å². The van der Waals surface area contributed by atoms with Crippen molar-refractivity contribution < 1.29 is 14.4 Å². The molecule has 0 aromatic rings. The van der Waals surface area contributed by atoms with Crippen LogP contribution in [0.2, 0.25) is 0 Å². The van der Waals surface area contributed by atoms with Gasteiger partial charge in [0.05, 0.1) is 0 Å². The predicted octanol–water partition coefficient (Wildman–Crippen LogP) is 1.30. The molecule has 0 unspecified atom stereocenters. The van der Waals surface area contributed by atoms with Crippen molar-refractivity contribution in [1.29, 1.82) is 0 Å². The molecule has 0 heterocycles. The standard InChI is InChI=1S/C6H15N.2H3N.HO3P/c1-4-7(5-2)6-3;;;1-4(2)3/h4-6H2,1-3H3;2*1H3;(H-,1,2,3)/p+1. The third-order valence-electron chi connectivity index (χ3n) is 1.34. The predicted molar refractivity (Wildman–Crippen MR) is 55.6 cm³/mol. The van der Waals surface area contributed by atoms with Crippen molar-refractivity contribution in [2.45, 2.75) is 20.8 Å². The Labute approximate surface area is 81.1 Å². The van der Waals surface area contributed by atoms with E-state index in [-0.39, 0.29) is 12.3 Å². The molecule has 0 aromatic heterocycles. The maximum Gasteiger partial charge on any atom is 0.692 e.